The molecule has 0 radical (unpaired) electrons. The van der Waals surface area contributed by atoms with Crippen LogP contribution in [0.2, 0.25) is 0 Å². The van der Waals surface area contributed by atoms with E-state index in [0.29, 0.717) is 36.0 Å². The summed E-state index contributed by atoms with van der Waals surface area (Å²) < 4.78 is 16.9. The molecule has 2 amide bonds. The van der Waals surface area contributed by atoms with E-state index in [0.717, 1.165) is 5.56 Å². The van der Waals surface area contributed by atoms with E-state index in [1.54, 1.807) is 26.2 Å². The van der Waals surface area contributed by atoms with Crippen molar-refractivity contribution in [2.45, 2.75) is 33.4 Å². The highest BCUT2D eigenvalue weighted by molar-refractivity contribution is 6.08. The largest absolute Gasteiger partial charge is 0.493 e. The Kier molecular flexibility index (Phi) is 7.28. The summed E-state index contributed by atoms with van der Waals surface area (Å²) in [6.07, 6.45) is 0. The van der Waals surface area contributed by atoms with Crippen LogP contribution >= 0.6 is 0 Å². The molecule has 2 unspecified atom stereocenters. The number of rotatable bonds is 8. The van der Waals surface area contributed by atoms with Crippen LogP contribution in [-0.2, 0) is 16.1 Å². The predicted octanol–water partition coefficient (Wildman–Crippen LogP) is 4.31. The molecule has 0 aliphatic carbocycles. The highest BCUT2D eigenvalue weighted by Gasteiger charge is 2.38. The number of methoxy groups -OCH3 is 1. The Morgan fingerprint density at radius 3 is 2.55 bits per heavy atom. The first-order valence-electron chi connectivity index (χ1n) is 10.3. The lowest BCUT2D eigenvalue weighted by Gasteiger charge is -2.30. The summed E-state index contributed by atoms with van der Waals surface area (Å²) in [5, 5.41) is 2.79. The first kappa shape index (κ1) is 22.3. The van der Waals surface area contributed by atoms with Gasteiger partial charge in [0, 0.05) is 5.71 Å². The van der Waals surface area contributed by atoms with Crippen molar-refractivity contribution in [1.29, 1.82) is 0 Å². The molecule has 7 nitrogen and oxygen atoms in total. The van der Waals surface area contributed by atoms with Gasteiger partial charge < -0.3 is 19.5 Å². The van der Waals surface area contributed by atoms with Gasteiger partial charge in [0.15, 0.2) is 11.5 Å². The van der Waals surface area contributed by atoms with Gasteiger partial charge in [0.25, 0.3) is 0 Å². The topological polar surface area (TPSA) is 86.2 Å². The van der Waals surface area contributed by atoms with E-state index in [1.807, 2.05) is 50.2 Å². The van der Waals surface area contributed by atoms with E-state index >= 15 is 0 Å². The molecule has 2 aromatic rings. The number of amides is 2. The number of aliphatic imine (C=N–C) groups is 1. The molecule has 2 atom stereocenters. The molecule has 2 aromatic carbocycles. The van der Waals surface area contributed by atoms with Gasteiger partial charge in [-0.05, 0) is 36.1 Å². The van der Waals surface area contributed by atoms with Crippen LogP contribution in [-0.4, -0.2) is 31.4 Å². The summed E-state index contributed by atoms with van der Waals surface area (Å²) in [5.74, 6) is 0.165. The third-order valence-electron chi connectivity index (χ3n) is 4.94. The van der Waals surface area contributed by atoms with Crippen LogP contribution < -0.4 is 14.8 Å². The van der Waals surface area contributed by atoms with Crippen molar-refractivity contribution in [3.05, 3.63) is 59.7 Å². The Balaban J connectivity index is 1.84. The number of carbonyl (C=O) groups is 2. The van der Waals surface area contributed by atoms with Gasteiger partial charge in [0.05, 0.1) is 19.8 Å². The number of benzene rings is 2. The lowest BCUT2D eigenvalue weighted by Crippen LogP contribution is -2.44. The Hall–Kier alpha value is -3.35. The molecule has 0 saturated heterocycles. The Labute approximate surface area is 182 Å². The fourth-order valence-corrected chi connectivity index (χ4v) is 3.37. The van der Waals surface area contributed by atoms with E-state index < -0.39 is 24.0 Å². The van der Waals surface area contributed by atoms with Crippen LogP contribution in [0.5, 0.6) is 11.5 Å². The maximum Gasteiger partial charge on any atom is 0.341 e. The van der Waals surface area contributed by atoms with Crippen molar-refractivity contribution < 1.29 is 23.8 Å². The van der Waals surface area contributed by atoms with Crippen LogP contribution in [0, 0.1) is 11.8 Å². The second-order valence-electron chi connectivity index (χ2n) is 7.87. The molecule has 3 rings (SSSR count). The molecule has 164 valence electrons. The predicted molar refractivity (Wildman–Crippen MR) is 117 cm³/mol. The van der Waals surface area contributed by atoms with Crippen molar-refractivity contribution in [1.82, 2.24) is 5.32 Å². The maximum atomic E-state index is 12.8. The smallest absolute Gasteiger partial charge is 0.341 e. The summed E-state index contributed by atoms with van der Waals surface area (Å²) in [6.45, 7) is 6.30. The van der Waals surface area contributed by atoms with E-state index in [4.69, 9.17) is 14.2 Å². The number of esters is 1. The molecule has 0 saturated carbocycles. The number of nitrogens with one attached hydrogen (secondary N) is 1. The SMILES string of the molecule is COc1cc(C2NC(=O)N=C(C)C2C(=O)OCC(C)C)ccc1OCc1ccccc1. The second kappa shape index (κ2) is 10.1. The highest BCUT2D eigenvalue weighted by atomic mass is 16.5. The Morgan fingerprint density at radius 1 is 1.13 bits per heavy atom. The molecule has 1 heterocycles. The fourth-order valence-electron chi connectivity index (χ4n) is 3.37. The van der Waals surface area contributed by atoms with E-state index in [-0.39, 0.29) is 5.92 Å². The second-order valence-corrected chi connectivity index (χ2v) is 7.87. The van der Waals surface area contributed by atoms with Gasteiger partial charge in [-0.1, -0.05) is 50.2 Å². The third-order valence-corrected chi connectivity index (χ3v) is 4.94. The van der Waals surface area contributed by atoms with Gasteiger partial charge in [0.1, 0.15) is 12.5 Å². The lowest BCUT2D eigenvalue weighted by atomic mass is 9.88. The van der Waals surface area contributed by atoms with Gasteiger partial charge in [0.2, 0.25) is 0 Å². The molecule has 0 bridgehead atoms. The Bertz CT molecular complexity index is 956. The van der Waals surface area contributed by atoms with Crippen molar-refractivity contribution in [2.75, 3.05) is 13.7 Å². The monoisotopic (exact) mass is 424 g/mol. The minimum Gasteiger partial charge on any atom is -0.493 e. The molecular formula is C24H28N2O5. The number of hydrogen-bond donors (Lipinski definition) is 1. The fraction of sp³-hybridized carbons (Fsp3) is 0.375. The normalized spacial score (nSPS) is 18.2. The first-order valence-corrected chi connectivity index (χ1v) is 10.3. The molecule has 1 aliphatic rings. The number of ether oxygens (including phenoxy) is 3. The lowest BCUT2D eigenvalue weighted by molar-refractivity contribution is -0.148. The highest BCUT2D eigenvalue weighted by Crippen LogP contribution is 2.35. The Morgan fingerprint density at radius 2 is 1.87 bits per heavy atom. The van der Waals surface area contributed by atoms with Gasteiger partial charge >= 0.3 is 12.0 Å². The van der Waals surface area contributed by atoms with Crippen LogP contribution in [0.25, 0.3) is 0 Å². The van der Waals surface area contributed by atoms with Crippen LogP contribution in [0.1, 0.15) is 37.9 Å². The van der Waals surface area contributed by atoms with Gasteiger partial charge in [-0.15, -0.1) is 0 Å². The summed E-state index contributed by atoms with van der Waals surface area (Å²) in [7, 11) is 1.55. The quantitative estimate of drug-likeness (QED) is 0.638. The summed E-state index contributed by atoms with van der Waals surface area (Å²) in [5.41, 5.74) is 2.16. The zero-order chi connectivity index (χ0) is 22.4. The molecule has 31 heavy (non-hydrogen) atoms. The van der Waals surface area contributed by atoms with Crippen molar-refractivity contribution in [3.8, 4) is 11.5 Å². The van der Waals surface area contributed by atoms with Gasteiger partial charge in [-0.3, -0.25) is 4.79 Å². The summed E-state index contributed by atoms with van der Waals surface area (Å²) in [4.78, 5) is 28.8. The van der Waals surface area contributed by atoms with E-state index in [1.165, 1.54) is 0 Å². The van der Waals surface area contributed by atoms with Gasteiger partial charge in [-0.2, -0.15) is 0 Å². The standard InChI is InChI=1S/C24H28N2O5/c1-15(2)13-31-23(27)21-16(3)25-24(28)26-22(21)18-10-11-19(20(12-18)29-4)30-14-17-8-6-5-7-9-17/h5-12,15,21-22H,13-14H2,1-4H3,(H,26,28). The average Bonchev–Trinajstić information content (AvgIpc) is 2.76. The van der Waals surface area contributed by atoms with Gasteiger partial charge in [-0.25, -0.2) is 9.79 Å². The van der Waals surface area contributed by atoms with Crippen LogP contribution in [0.3, 0.4) is 0 Å². The molecule has 1 N–H and O–H groups in total. The maximum absolute atomic E-state index is 12.8. The molecule has 1 aliphatic heterocycles. The zero-order valence-electron chi connectivity index (χ0n) is 18.3. The van der Waals surface area contributed by atoms with Crippen LogP contribution in [0.4, 0.5) is 4.79 Å². The molecule has 0 aromatic heterocycles. The number of nitrogens with zero attached hydrogens (tertiary/aromatic N) is 1. The minimum atomic E-state index is -0.711. The summed E-state index contributed by atoms with van der Waals surface area (Å²) >= 11 is 0. The van der Waals surface area contributed by atoms with E-state index in [2.05, 4.69) is 10.3 Å². The molecule has 0 spiro atoms. The molecule has 7 heteroatoms. The number of carbonyl (C=O) groups excluding carboxylic acids is 2. The molecule has 0 fully saturated rings. The number of hydrogen-bond acceptors (Lipinski definition) is 5. The van der Waals surface area contributed by atoms with Crippen molar-refractivity contribution in [2.24, 2.45) is 16.8 Å². The number of urea groups is 1. The zero-order valence-corrected chi connectivity index (χ0v) is 18.3. The first-order chi connectivity index (χ1) is 14.9. The molecular weight excluding hydrogens is 396 g/mol. The van der Waals surface area contributed by atoms with Crippen molar-refractivity contribution >= 4 is 17.7 Å². The third kappa shape index (κ3) is 5.63. The average molecular weight is 424 g/mol. The summed E-state index contributed by atoms with van der Waals surface area (Å²) in [6, 6.07) is 14.1. The van der Waals surface area contributed by atoms with Crippen LogP contribution in [0.15, 0.2) is 53.5 Å². The minimum absolute atomic E-state index is 0.207. The van der Waals surface area contributed by atoms with Crippen molar-refractivity contribution in [3.63, 3.8) is 0 Å². The van der Waals surface area contributed by atoms with E-state index in [9.17, 15) is 9.59 Å².